The summed E-state index contributed by atoms with van der Waals surface area (Å²) < 4.78 is 0. The van der Waals surface area contributed by atoms with Crippen LogP contribution in [0.15, 0.2) is 12.2 Å². The normalized spacial score (nSPS) is 58.8. The number of alkyl halides is 2. The van der Waals surface area contributed by atoms with Gasteiger partial charge in [-0.1, -0.05) is 28.1 Å². The van der Waals surface area contributed by atoms with Crippen LogP contribution in [0, 0.1) is 11.8 Å². The molecule has 0 aromatic carbocycles. The van der Waals surface area contributed by atoms with Crippen LogP contribution in [0.25, 0.3) is 0 Å². The molecule has 0 spiro atoms. The van der Waals surface area contributed by atoms with Crippen LogP contribution in [-0.4, -0.2) is 10.2 Å². The molecule has 0 heterocycles. The molecule has 0 saturated heterocycles. The van der Waals surface area contributed by atoms with Crippen LogP contribution in [0.1, 0.15) is 0 Å². The van der Waals surface area contributed by atoms with Gasteiger partial charge in [0.15, 0.2) is 0 Å². The number of fused-ring (bicyclic) bond motifs is 1. The third-order valence-corrected chi connectivity index (χ3v) is 3.58. The van der Waals surface area contributed by atoms with Gasteiger partial charge in [0.25, 0.3) is 0 Å². The largest absolute Gasteiger partial charge is 0.118 e. The van der Waals surface area contributed by atoms with Gasteiger partial charge < -0.3 is 0 Å². The first-order valence-electron chi connectivity index (χ1n) is 2.77. The standard InChI is InChI=1S/C6H6BrCl/c7-6-3-1-2-4(8)5(3)6/h1-6H. The summed E-state index contributed by atoms with van der Waals surface area (Å²) >= 11 is 9.41. The highest BCUT2D eigenvalue weighted by atomic mass is 79.9. The van der Waals surface area contributed by atoms with Gasteiger partial charge in [0, 0.05) is 4.83 Å². The summed E-state index contributed by atoms with van der Waals surface area (Å²) in [7, 11) is 0. The van der Waals surface area contributed by atoms with E-state index in [0.29, 0.717) is 10.2 Å². The third kappa shape index (κ3) is 0.519. The van der Waals surface area contributed by atoms with Crippen molar-refractivity contribution in [2.45, 2.75) is 10.2 Å². The van der Waals surface area contributed by atoms with E-state index in [2.05, 4.69) is 28.1 Å². The molecule has 2 heteroatoms. The molecule has 8 heavy (non-hydrogen) atoms. The van der Waals surface area contributed by atoms with Crippen molar-refractivity contribution in [3.63, 3.8) is 0 Å². The maximum absolute atomic E-state index is 5.88. The zero-order valence-corrected chi connectivity index (χ0v) is 6.56. The lowest BCUT2D eigenvalue weighted by Crippen LogP contribution is -1.94. The highest BCUT2D eigenvalue weighted by Gasteiger charge is 2.53. The average Bonchev–Trinajstić information content (AvgIpc) is 2.13. The first-order valence-corrected chi connectivity index (χ1v) is 4.12. The van der Waals surface area contributed by atoms with Gasteiger partial charge in [-0.25, -0.2) is 0 Å². The zero-order valence-electron chi connectivity index (χ0n) is 4.22. The number of hydrogen-bond acceptors (Lipinski definition) is 0. The molecule has 0 aromatic rings. The molecule has 0 N–H and O–H groups in total. The predicted octanol–water partition coefficient (Wildman–Crippen LogP) is 2.17. The van der Waals surface area contributed by atoms with E-state index in [0.717, 1.165) is 11.8 Å². The van der Waals surface area contributed by atoms with Crippen molar-refractivity contribution in [1.29, 1.82) is 0 Å². The van der Waals surface area contributed by atoms with E-state index in [1.54, 1.807) is 0 Å². The summed E-state index contributed by atoms with van der Waals surface area (Å²) in [5.41, 5.74) is 0. The number of halogens is 2. The Kier molecular flexibility index (Phi) is 1.00. The summed E-state index contributed by atoms with van der Waals surface area (Å²) in [5, 5.41) is 0.310. The van der Waals surface area contributed by atoms with E-state index in [9.17, 15) is 0 Å². The molecule has 0 bridgehead atoms. The molecule has 4 atom stereocenters. The van der Waals surface area contributed by atoms with Gasteiger partial charge in [-0.15, -0.1) is 11.6 Å². The number of hydrogen-bond donors (Lipinski definition) is 0. The Hall–Kier alpha value is 0.510. The smallest absolute Gasteiger partial charge is 0.0561 e. The molecule has 2 aliphatic rings. The van der Waals surface area contributed by atoms with Crippen LogP contribution < -0.4 is 0 Å². The van der Waals surface area contributed by atoms with E-state index in [-0.39, 0.29) is 0 Å². The van der Waals surface area contributed by atoms with Crippen molar-refractivity contribution in [2.24, 2.45) is 11.8 Å². The molecular formula is C6H6BrCl. The SMILES string of the molecule is ClC1C=CC2C(Br)C12. The van der Waals surface area contributed by atoms with Gasteiger partial charge in [0.2, 0.25) is 0 Å². The van der Waals surface area contributed by atoms with E-state index in [1.807, 2.05) is 0 Å². The molecule has 2 rings (SSSR count). The lowest BCUT2D eigenvalue weighted by Gasteiger charge is -1.93. The number of allylic oxidation sites excluding steroid dienone is 2. The van der Waals surface area contributed by atoms with Crippen molar-refractivity contribution in [1.82, 2.24) is 0 Å². The minimum absolute atomic E-state index is 0.310. The van der Waals surface area contributed by atoms with Crippen LogP contribution in [-0.2, 0) is 0 Å². The Morgan fingerprint density at radius 3 is 2.38 bits per heavy atom. The van der Waals surface area contributed by atoms with E-state index in [1.165, 1.54) is 0 Å². The molecule has 2 aliphatic carbocycles. The quantitative estimate of drug-likeness (QED) is 0.409. The van der Waals surface area contributed by atoms with Crippen molar-refractivity contribution in [3.8, 4) is 0 Å². The Bertz CT molecular complexity index is 141. The summed E-state index contributed by atoms with van der Waals surface area (Å²) in [6.07, 6.45) is 4.30. The van der Waals surface area contributed by atoms with Gasteiger partial charge in [0.05, 0.1) is 5.38 Å². The second kappa shape index (κ2) is 1.51. The first-order chi connectivity index (χ1) is 3.80. The summed E-state index contributed by atoms with van der Waals surface area (Å²) in [6, 6.07) is 0. The van der Waals surface area contributed by atoms with Crippen LogP contribution in [0.2, 0.25) is 0 Å². The fraction of sp³-hybridized carbons (Fsp3) is 0.667. The van der Waals surface area contributed by atoms with Crippen LogP contribution in [0.4, 0.5) is 0 Å². The molecule has 0 nitrogen and oxygen atoms in total. The lowest BCUT2D eigenvalue weighted by molar-refractivity contribution is 0.866. The van der Waals surface area contributed by atoms with Crippen molar-refractivity contribution in [3.05, 3.63) is 12.2 Å². The summed E-state index contributed by atoms with van der Waals surface area (Å²) in [4.78, 5) is 0.690. The Labute approximate surface area is 62.0 Å². The Morgan fingerprint density at radius 1 is 1.38 bits per heavy atom. The molecule has 0 aromatic heterocycles. The van der Waals surface area contributed by atoms with Crippen molar-refractivity contribution < 1.29 is 0 Å². The Morgan fingerprint density at radius 2 is 2.12 bits per heavy atom. The molecule has 0 radical (unpaired) electrons. The van der Waals surface area contributed by atoms with Gasteiger partial charge in [-0.2, -0.15) is 0 Å². The maximum Gasteiger partial charge on any atom is 0.0561 e. The highest BCUT2D eigenvalue weighted by Crippen LogP contribution is 2.54. The predicted molar refractivity (Wildman–Crippen MR) is 38.5 cm³/mol. The van der Waals surface area contributed by atoms with Gasteiger partial charge in [-0.05, 0) is 11.8 Å². The first kappa shape index (κ1) is 5.31. The van der Waals surface area contributed by atoms with Gasteiger partial charge in [-0.3, -0.25) is 0 Å². The van der Waals surface area contributed by atoms with E-state index < -0.39 is 0 Å². The van der Waals surface area contributed by atoms with Crippen molar-refractivity contribution >= 4 is 27.5 Å². The fourth-order valence-electron chi connectivity index (χ4n) is 1.30. The van der Waals surface area contributed by atoms with Crippen LogP contribution in [0.5, 0.6) is 0 Å². The minimum atomic E-state index is 0.310. The van der Waals surface area contributed by atoms with Gasteiger partial charge in [0.1, 0.15) is 0 Å². The molecule has 0 aliphatic heterocycles. The minimum Gasteiger partial charge on any atom is -0.118 e. The average molecular weight is 193 g/mol. The second-order valence-electron chi connectivity index (χ2n) is 2.43. The molecule has 1 fully saturated rings. The highest BCUT2D eigenvalue weighted by molar-refractivity contribution is 9.09. The van der Waals surface area contributed by atoms with E-state index >= 15 is 0 Å². The van der Waals surface area contributed by atoms with Crippen LogP contribution >= 0.6 is 27.5 Å². The molecule has 0 amide bonds. The molecule has 1 saturated carbocycles. The Balaban J connectivity index is 2.18. The molecule has 44 valence electrons. The zero-order chi connectivity index (χ0) is 5.72. The molecular weight excluding hydrogens is 187 g/mol. The van der Waals surface area contributed by atoms with E-state index in [4.69, 9.17) is 11.6 Å². The monoisotopic (exact) mass is 192 g/mol. The number of rotatable bonds is 0. The summed E-state index contributed by atoms with van der Waals surface area (Å²) in [5.74, 6) is 1.48. The van der Waals surface area contributed by atoms with Crippen molar-refractivity contribution in [2.75, 3.05) is 0 Å². The fourth-order valence-corrected chi connectivity index (χ4v) is 2.92. The summed E-state index contributed by atoms with van der Waals surface area (Å²) in [6.45, 7) is 0. The van der Waals surface area contributed by atoms with Crippen LogP contribution in [0.3, 0.4) is 0 Å². The second-order valence-corrected chi connectivity index (χ2v) is 3.99. The third-order valence-electron chi connectivity index (χ3n) is 1.92. The molecule has 4 unspecified atom stereocenters. The maximum atomic E-state index is 5.88. The topological polar surface area (TPSA) is 0 Å². The lowest BCUT2D eigenvalue weighted by atomic mass is 10.3. The van der Waals surface area contributed by atoms with Gasteiger partial charge >= 0.3 is 0 Å².